The number of para-hydroxylation sites is 1. The van der Waals surface area contributed by atoms with Gasteiger partial charge in [-0.3, -0.25) is 4.79 Å². The zero-order valence-corrected chi connectivity index (χ0v) is 10.6. The summed E-state index contributed by atoms with van der Waals surface area (Å²) in [6, 6.07) is 4.69. The van der Waals surface area contributed by atoms with Crippen LogP contribution in [0.4, 0.5) is 5.69 Å². The summed E-state index contributed by atoms with van der Waals surface area (Å²) in [6.07, 6.45) is 5.01. The van der Waals surface area contributed by atoms with Crippen molar-refractivity contribution >= 4 is 23.2 Å². The molecule has 2 rings (SSSR count). The lowest BCUT2D eigenvalue weighted by Gasteiger charge is -2.14. The SMILES string of the molecule is C[C@@H](N)C(=O)Nc1cccc(Cl)c1-n1ccnc1. The lowest BCUT2D eigenvalue weighted by molar-refractivity contribution is -0.117. The van der Waals surface area contributed by atoms with Gasteiger partial charge in [0.05, 0.1) is 28.8 Å². The van der Waals surface area contributed by atoms with E-state index in [1.807, 2.05) is 0 Å². The van der Waals surface area contributed by atoms with Gasteiger partial charge in [0.15, 0.2) is 0 Å². The average molecular weight is 265 g/mol. The molecule has 0 spiro atoms. The number of carbonyl (C=O) groups is 1. The normalized spacial score (nSPS) is 12.2. The number of aromatic nitrogens is 2. The van der Waals surface area contributed by atoms with E-state index in [9.17, 15) is 4.79 Å². The maximum absolute atomic E-state index is 11.6. The van der Waals surface area contributed by atoms with Gasteiger partial charge in [0, 0.05) is 12.4 Å². The van der Waals surface area contributed by atoms with E-state index in [0.29, 0.717) is 16.4 Å². The fourth-order valence-corrected chi connectivity index (χ4v) is 1.79. The maximum atomic E-state index is 11.6. The van der Waals surface area contributed by atoms with Crippen LogP contribution in [-0.4, -0.2) is 21.5 Å². The second-order valence-electron chi connectivity index (χ2n) is 3.88. The van der Waals surface area contributed by atoms with Crippen molar-refractivity contribution in [2.75, 3.05) is 5.32 Å². The Kier molecular flexibility index (Phi) is 3.64. The summed E-state index contributed by atoms with van der Waals surface area (Å²) in [5.41, 5.74) is 6.80. The van der Waals surface area contributed by atoms with Crippen molar-refractivity contribution in [2.45, 2.75) is 13.0 Å². The first kappa shape index (κ1) is 12.6. The molecule has 18 heavy (non-hydrogen) atoms. The molecular weight excluding hydrogens is 252 g/mol. The first-order valence-corrected chi connectivity index (χ1v) is 5.80. The highest BCUT2D eigenvalue weighted by Crippen LogP contribution is 2.28. The van der Waals surface area contributed by atoms with E-state index in [1.54, 1.807) is 48.4 Å². The lowest BCUT2D eigenvalue weighted by atomic mass is 10.2. The molecule has 0 aliphatic rings. The highest BCUT2D eigenvalue weighted by molar-refractivity contribution is 6.33. The molecule has 1 heterocycles. The quantitative estimate of drug-likeness (QED) is 0.888. The van der Waals surface area contributed by atoms with E-state index in [0.717, 1.165) is 0 Å². The van der Waals surface area contributed by atoms with Crippen molar-refractivity contribution < 1.29 is 4.79 Å². The molecule has 0 radical (unpaired) electrons. The number of amides is 1. The minimum atomic E-state index is -0.584. The number of nitrogens with one attached hydrogen (secondary N) is 1. The van der Waals surface area contributed by atoms with Crippen LogP contribution in [0.2, 0.25) is 5.02 Å². The number of imidazole rings is 1. The van der Waals surface area contributed by atoms with Crippen LogP contribution >= 0.6 is 11.6 Å². The summed E-state index contributed by atoms with van der Waals surface area (Å²) in [5.74, 6) is -0.265. The van der Waals surface area contributed by atoms with Gasteiger partial charge in [0.1, 0.15) is 0 Å². The highest BCUT2D eigenvalue weighted by Gasteiger charge is 2.13. The van der Waals surface area contributed by atoms with E-state index in [2.05, 4.69) is 10.3 Å². The minimum Gasteiger partial charge on any atom is -0.323 e. The van der Waals surface area contributed by atoms with Crippen molar-refractivity contribution in [3.63, 3.8) is 0 Å². The number of rotatable bonds is 3. The fraction of sp³-hybridized carbons (Fsp3) is 0.167. The van der Waals surface area contributed by atoms with Crippen molar-refractivity contribution in [3.05, 3.63) is 41.9 Å². The Bertz CT molecular complexity index is 551. The molecule has 1 aromatic heterocycles. The van der Waals surface area contributed by atoms with E-state index in [4.69, 9.17) is 17.3 Å². The fourth-order valence-electron chi connectivity index (χ4n) is 1.52. The highest BCUT2D eigenvalue weighted by atomic mass is 35.5. The molecule has 0 aliphatic carbocycles. The summed E-state index contributed by atoms with van der Waals surface area (Å²) >= 11 is 6.15. The number of nitrogens with zero attached hydrogens (tertiary/aromatic N) is 2. The molecule has 0 aliphatic heterocycles. The van der Waals surface area contributed by atoms with Gasteiger partial charge < -0.3 is 15.6 Å². The predicted molar refractivity (Wildman–Crippen MR) is 70.9 cm³/mol. The standard InChI is InChI=1S/C12H13ClN4O/c1-8(14)12(18)16-10-4-2-3-9(13)11(10)17-6-5-15-7-17/h2-8H,14H2,1H3,(H,16,18)/t8-/m1/s1. The zero-order chi connectivity index (χ0) is 13.1. The third-order valence-electron chi connectivity index (χ3n) is 2.42. The van der Waals surface area contributed by atoms with Crippen LogP contribution in [0.25, 0.3) is 5.69 Å². The first-order valence-electron chi connectivity index (χ1n) is 5.43. The topological polar surface area (TPSA) is 72.9 Å². The van der Waals surface area contributed by atoms with Crippen LogP contribution in [0.15, 0.2) is 36.9 Å². The molecule has 3 N–H and O–H groups in total. The number of hydrogen-bond donors (Lipinski definition) is 2. The van der Waals surface area contributed by atoms with Crippen LogP contribution in [-0.2, 0) is 4.79 Å². The second kappa shape index (κ2) is 5.20. The number of anilines is 1. The summed E-state index contributed by atoms with van der Waals surface area (Å²) in [6.45, 7) is 1.62. The molecule has 2 aromatic rings. The second-order valence-corrected chi connectivity index (χ2v) is 4.29. The molecule has 1 aromatic carbocycles. The van der Waals surface area contributed by atoms with Gasteiger partial charge >= 0.3 is 0 Å². The number of nitrogens with two attached hydrogens (primary N) is 1. The number of carbonyl (C=O) groups excluding carboxylic acids is 1. The Hall–Kier alpha value is -1.85. The number of hydrogen-bond acceptors (Lipinski definition) is 3. The summed E-state index contributed by atoms with van der Waals surface area (Å²) < 4.78 is 1.74. The molecule has 5 nitrogen and oxygen atoms in total. The molecule has 1 amide bonds. The Labute approximate surface area is 110 Å². The molecule has 6 heteroatoms. The average Bonchev–Trinajstić information content (AvgIpc) is 2.82. The third kappa shape index (κ3) is 2.52. The molecule has 0 saturated heterocycles. The van der Waals surface area contributed by atoms with Crippen LogP contribution < -0.4 is 11.1 Å². The first-order chi connectivity index (χ1) is 8.59. The minimum absolute atomic E-state index is 0.265. The van der Waals surface area contributed by atoms with Gasteiger partial charge in [-0.1, -0.05) is 17.7 Å². The molecule has 0 fully saturated rings. The molecule has 1 atom stereocenters. The van der Waals surface area contributed by atoms with Crippen molar-refractivity contribution in [1.82, 2.24) is 9.55 Å². The van der Waals surface area contributed by atoms with Crippen molar-refractivity contribution in [3.8, 4) is 5.69 Å². The van der Waals surface area contributed by atoms with E-state index < -0.39 is 6.04 Å². The third-order valence-corrected chi connectivity index (χ3v) is 2.73. The number of halogens is 1. The molecular formula is C12H13ClN4O. The van der Waals surface area contributed by atoms with Crippen molar-refractivity contribution in [2.24, 2.45) is 5.73 Å². The van der Waals surface area contributed by atoms with Crippen LogP contribution in [0, 0.1) is 0 Å². The largest absolute Gasteiger partial charge is 0.323 e. The van der Waals surface area contributed by atoms with Crippen LogP contribution in [0.5, 0.6) is 0 Å². The van der Waals surface area contributed by atoms with Gasteiger partial charge in [0.25, 0.3) is 0 Å². The molecule has 0 unspecified atom stereocenters. The van der Waals surface area contributed by atoms with E-state index in [1.165, 1.54) is 0 Å². The Morgan fingerprint density at radius 3 is 2.94 bits per heavy atom. The van der Waals surface area contributed by atoms with E-state index in [-0.39, 0.29) is 5.91 Å². The van der Waals surface area contributed by atoms with Gasteiger partial charge in [-0.15, -0.1) is 0 Å². The van der Waals surface area contributed by atoms with Crippen LogP contribution in [0.1, 0.15) is 6.92 Å². The van der Waals surface area contributed by atoms with E-state index >= 15 is 0 Å². The van der Waals surface area contributed by atoms with Gasteiger partial charge in [-0.25, -0.2) is 4.98 Å². The van der Waals surface area contributed by atoms with Gasteiger partial charge in [-0.2, -0.15) is 0 Å². The van der Waals surface area contributed by atoms with Gasteiger partial charge in [0.2, 0.25) is 5.91 Å². The predicted octanol–water partition coefficient (Wildman–Crippen LogP) is 1.81. The van der Waals surface area contributed by atoms with Gasteiger partial charge in [-0.05, 0) is 19.1 Å². The zero-order valence-electron chi connectivity index (χ0n) is 9.80. The summed E-state index contributed by atoms with van der Waals surface area (Å²) in [4.78, 5) is 15.6. The Morgan fingerprint density at radius 1 is 1.56 bits per heavy atom. The molecule has 94 valence electrons. The summed E-state index contributed by atoms with van der Waals surface area (Å²) in [5, 5.41) is 3.27. The molecule has 0 saturated carbocycles. The smallest absolute Gasteiger partial charge is 0.241 e. The monoisotopic (exact) mass is 264 g/mol. The summed E-state index contributed by atoms with van der Waals surface area (Å²) in [7, 11) is 0. The Morgan fingerprint density at radius 2 is 2.33 bits per heavy atom. The number of benzene rings is 1. The maximum Gasteiger partial charge on any atom is 0.241 e. The van der Waals surface area contributed by atoms with Crippen molar-refractivity contribution in [1.29, 1.82) is 0 Å². The van der Waals surface area contributed by atoms with Crippen LogP contribution in [0.3, 0.4) is 0 Å². The molecule has 0 bridgehead atoms. The Balaban J connectivity index is 2.42. The lowest BCUT2D eigenvalue weighted by Crippen LogP contribution is -2.32.